The highest BCUT2D eigenvalue weighted by atomic mass is 19.1. The van der Waals surface area contributed by atoms with E-state index in [4.69, 9.17) is 0 Å². The summed E-state index contributed by atoms with van der Waals surface area (Å²) in [4.78, 5) is 12.1. The molecular weight excluding hydrogens is 293 g/mol. The molecule has 4 nitrogen and oxygen atoms in total. The summed E-state index contributed by atoms with van der Waals surface area (Å²) < 4.78 is 14.8. The van der Waals surface area contributed by atoms with Crippen molar-refractivity contribution in [3.8, 4) is 0 Å². The average Bonchev–Trinajstić information content (AvgIpc) is 2.86. The second-order valence-electron chi connectivity index (χ2n) is 5.94. The molecule has 0 radical (unpaired) electrons. The highest BCUT2D eigenvalue weighted by molar-refractivity contribution is 5.76. The van der Waals surface area contributed by atoms with Gasteiger partial charge < -0.3 is 5.32 Å². The molecule has 124 valence electrons. The normalized spacial score (nSPS) is 12.2. The number of carbonyl (C=O) groups excluding carboxylic acids is 1. The maximum atomic E-state index is 12.9. The first kappa shape index (κ1) is 17.2. The van der Waals surface area contributed by atoms with Gasteiger partial charge in [0.15, 0.2) is 0 Å². The lowest BCUT2D eigenvalue weighted by atomic mass is 9.97. The molecule has 1 atom stereocenters. The van der Waals surface area contributed by atoms with E-state index in [9.17, 15) is 9.18 Å². The molecule has 1 aromatic heterocycles. The monoisotopic (exact) mass is 317 g/mol. The van der Waals surface area contributed by atoms with E-state index in [1.807, 2.05) is 24.7 Å². The van der Waals surface area contributed by atoms with Crippen molar-refractivity contribution in [2.45, 2.75) is 52.6 Å². The maximum Gasteiger partial charge on any atom is 0.220 e. The molecule has 2 rings (SSSR count). The van der Waals surface area contributed by atoms with E-state index < -0.39 is 0 Å². The Labute approximate surface area is 136 Å². The zero-order chi connectivity index (χ0) is 16.8. The minimum atomic E-state index is -0.259. The summed E-state index contributed by atoms with van der Waals surface area (Å²) in [6, 6.07) is 6.31. The fourth-order valence-corrected chi connectivity index (χ4v) is 2.53. The van der Waals surface area contributed by atoms with Crippen molar-refractivity contribution in [2.75, 3.05) is 0 Å². The number of hydrogen-bond donors (Lipinski definition) is 1. The van der Waals surface area contributed by atoms with Crippen molar-refractivity contribution in [1.29, 1.82) is 0 Å². The molecule has 1 aromatic carbocycles. The van der Waals surface area contributed by atoms with Gasteiger partial charge in [-0.2, -0.15) is 5.10 Å². The standard InChI is InChI=1S/C18H24FN3O/c1-4-9-22-12-16(14(3)21-22)11-20-18(23)10-13(2)15-5-7-17(19)8-6-15/h5-8,12-13H,4,9-11H2,1-3H3,(H,20,23). The van der Waals surface area contributed by atoms with Crippen LogP contribution in [0.3, 0.4) is 0 Å². The Bertz CT molecular complexity index is 649. The van der Waals surface area contributed by atoms with Gasteiger partial charge in [-0.25, -0.2) is 4.39 Å². The van der Waals surface area contributed by atoms with Gasteiger partial charge in [-0.3, -0.25) is 9.48 Å². The van der Waals surface area contributed by atoms with Crippen molar-refractivity contribution in [3.63, 3.8) is 0 Å². The molecule has 0 aliphatic rings. The molecule has 0 fully saturated rings. The minimum absolute atomic E-state index is 0.00975. The number of nitrogens with zero attached hydrogens (tertiary/aromatic N) is 2. The Morgan fingerprint density at radius 1 is 1.35 bits per heavy atom. The smallest absolute Gasteiger partial charge is 0.220 e. The van der Waals surface area contributed by atoms with Gasteiger partial charge in [-0.15, -0.1) is 0 Å². The van der Waals surface area contributed by atoms with Gasteiger partial charge in [0.05, 0.1) is 5.69 Å². The van der Waals surface area contributed by atoms with Crippen molar-refractivity contribution >= 4 is 5.91 Å². The minimum Gasteiger partial charge on any atom is -0.352 e. The predicted molar refractivity (Wildman–Crippen MR) is 88.5 cm³/mol. The fourth-order valence-electron chi connectivity index (χ4n) is 2.53. The van der Waals surface area contributed by atoms with Gasteiger partial charge in [0.2, 0.25) is 5.91 Å². The van der Waals surface area contributed by atoms with E-state index >= 15 is 0 Å². The number of carbonyl (C=O) groups is 1. The number of benzene rings is 1. The molecule has 1 N–H and O–H groups in total. The molecule has 23 heavy (non-hydrogen) atoms. The third kappa shape index (κ3) is 4.91. The van der Waals surface area contributed by atoms with Crippen LogP contribution < -0.4 is 5.32 Å². The number of amides is 1. The van der Waals surface area contributed by atoms with E-state index in [-0.39, 0.29) is 17.6 Å². The summed E-state index contributed by atoms with van der Waals surface area (Å²) >= 11 is 0. The number of hydrogen-bond acceptors (Lipinski definition) is 2. The first-order valence-corrected chi connectivity index (χ1v) is 8.04. The topological polar surface area (TPSA) is 46.9 Å². The first-order valence-electron chi connectivity index (χ1n) is 8.04. The summed E-state index contributed by atoms with van der Waals surface area (Å²) in [5.41, 5.74) is 2.96. The van der Waals surface area contributed by atoms with Crippen molar-refractivity contribution < 1.29 is 9.18 Å². The van der Waals surface area contributed by atoms with Gasteiger partial charge in [-0.1, -0.05) is 26.0 Å². The molecule has 1 unspecified atom stereocenters. The highest BCUT2D eigenvalue weighted by Gasteiger charge is 2.12. The van der Waals surface area contributed by atoms with E-state index in [1.165, 1.54) is 12.1 Å². The van der Waals surface area contributed by atoms with Gasteiger partial charge in [-0.05, 0) is 37.0 Å². The maximum absolute atomic E-state index is 12.9. The van der Waals surface area contributed by atoms with Gasteiger partial charge in [0.25, 0.3) is 0 Å². The van der Waals surface area contributed by atoms with E-state index in [1.54, 1.807) is 12.1 Å². The van der Waals surface area contributed by atoms with Crippen molar-refractivity contribution in [2.24, 2.45) is 0 Å². The molecule has 0 bridgehead atoms. The van der Waals surface area contributed by atoms with Crippen LogP contribution in [-0.2, 0) is 17.9 Å². The molecule has 0 aliphatic carbocycles. The zero-order valence-electron chi connectivity index (χ0n) is 14.0. The van der Waals surface area contributed by atoms with Crippen LogP contribution in [-0.4, -0.2) is 15.7 Å². The lowest BCUT2D eigenvalue weighted by Crippen LogP contribution is -2.24. The van der Waals surface area contributed by atoms with Gasteiger partial charge in [0, 0.05) is 31.3 Å². The SMILES string of the molecule is CCCn1cc(CNC(=O)CC(C)c2ccc(F)cc2)c(C)n1. The van der Waals surface area contributed by atoms with Crippen LogP contribution in [0.5, 0.6) is 0 Å². The average molecular weight is 317 g/mol. The number of aryl methyl sites for hydroxylation is 2. The van der Waals surface area contributed by atoms with Crippen molar-refractivity contribution in [3.05, 3.63) is 53.1 Å². The van der Waals surface area contributed by atoms with Gasteiger partial charge >= 0.3 is 0 Å². The molecular formula is C18H24FN3O. The van der Waals surface area contributed by atoms with Gasteiger partial charge in [0.1, 0.15) is 5.82 Å². The van der Waals surface area contributed by atoms with E-state index in [2.05, 4.69) is 17.3 Å². The summed E-state index contributed by atoms with van der Waals surface area (Å²) in [6.07, 6.45) is 3.40. The number of halogens is 1. The van der Waals surface area contributed by atoms with Crippen LogP contribution in [0.2, 0.25) is 0 Å². The first-order chi connectivity index (χ1) is 11.0. The Hall–Kier alpha value is -2.17. The summed E-state index contributed by atoms with van der Waals surface area (Å²) in [5, 5.41) is 7.37. The number of aromatic nitrogens is 2. The molecule has 0 aliphatic heterocycles. The zero-order valence-corrected chi connectivity index (χ0v) is 14.0. The second-order valence-corrected chi connectivity index (χ2v) is 5.94. The highest BCUT2D eigenvalue weighted by Crippen LogP contribution is 2.19. The largest absolute Gasteiger partial charge is 0.352 e. The van der Waals surface area contributed by atoms with Crippen LogP contribution >= 0.6 is 0 Å². The van der Waals surface area contributed by atoms with E-state index in [0.29, 0.717) is 13.0 Å². The summed E-state index contributed by atoms with van der Waals surface area (Å²) in [5.74, 6) is -0.214. The van der Waals surface area contributed by atoms with Crippen LogP contribution in [0.4, 0.5) is 4.39 Å². The van der Waals surface area contributed by atoms with E-state index in [0.717, 1.165) is 29.8 Å². The third-order valence-electron chi connectivity index (χ3n) is 3.91. The van der Waals surface area contributed by atoms with Crippen molar-refractivity contribution in [1.82, 2.24) is 15.1 Å². The molecule has 5 heteroatoms. The molecule has 1 amide bonds. The fraction of sp³-hybridized carbons (Fsp3) is 0.444. The van der Waals surface area contributed by atoms with Crippen LogP contribution in [0.25, 0.3) is 0 Å². The molecule has 2 aromatic rings. The predicted octanol–water partition coefficient (Wildman–Crippen LogP) is 3.55. The number of rotatable bonds is 7. The Kier molecular flexibility index (Phi) is 5.90. The summed E-state index contributed by atoms with van der Waals surface area (Å²) in [7, 11) is 0. The number of nitrogens with one attached hydrogen (secondary N) is 1. The quantitative estimate of drug-likeness (QED) is 0.849. The lowest BCUT2D eigenvalue weighted by Gasteiger charge is -2.12. The van der Waals surface area contributed by atoms with Crippen LogP contribution in [0, 0.1) is 12.7 Å². The van der Waals surface area contributed by atoms with Crippen LogP contribution in [0.15, 0.2) is 30.5 Å². The Morgan fingerprint density at radius 3 is 2.70 bits per heavy atom. The lowest BCUT2D eigenvalue weighted by molar-refractivity contribution is -0.121. The molecule has 0 saturated carbocycles. The molecule has 0 saturated heterocycles. The Morgan fingerprint density at radius 2 is 2.04 bits per heavy atom. The second kappa shape index (κ2) is 7.90. The Balaban J connectivity index is 1.86. The summed E-state index contributed by atoms with van der Waals surface area (Å²) in [6.45, 7) is 7.41. The molecule has 1 heterocycles. The van der Waals surface area contributed by atoms with Crippen LogP contribution in [0.1, 0.15) is 49.4 Å². The molecule has 0 spiro atoms. The third-order valence-corrected chi connectivity index (χ3v) is 3.91.